The zero-order valence-electron chi connectivity index (χ0n) is 16.9. The number of aryl methyl sites for hydroxylation is 1. The predicted molar refractivity (Wildman–Crippen MR) is 117 cm³/mol. The molecule has 0 spiro atoms. The molecule has 0 radical (unpaired) electrons. The van der Waals surface area contributed by atoms with Crippen LogP contribution in [0.2, 0.25) is 0 Å². The normalized spacial score (nSPS) is 13.7. The topological polar surface area (TPSA) is 41.6 Å². The van der Waals surface area contributed by atoms with Gasteiger partial charge in [-0.1, -0.05) is 36.4 Å². The molecule has 1 amide bonds. The zero-order chi connectivity index (χ0) is 20.2. The summed E-state index contributed by atoms with van der Waals surface area (Å²) in [4.78, 5) is 15.0. The van der Waals surface area contributed by atoms with Gasteiger partial charge in [-0.05, 0) is 65.9 Å². The van der Waals surface area contributed by atoms with Crippen molar-refractivity contribution in [3.8, 4) is 5.75 Å². The van der Waals surface area contributed by atoms with Gasteiger partial charge in [0.1, 0.15) is 5.75 Å². The number of fused-ring (bicyclic) bond motifs is 1. The summed E-state index contributed by atoms with van der Waals surface area (Å²) in [7, 11) is 3.97. The molecule has 29 heavy (non-hydrogen) atoms. The Bertz CT molecular complexity index is 981. The first-order valence-corrected chi connectivity index (χ1v) is 10.0. The van der Waals surface area contributed by atoms with E-state index in [1.165, 1.54) is 5.56 Å². The molecule has 148 valence electrons. The van der Waals surface area contributed by atoms with Gasteiger partial charge in [0.2, 0.25) is 0 Å². The van der Waals surface area contributed by atoms with Crippen molar-refractivity contribution < 1.29 is 9.53 Å². The fraction of sp³-hybridized carbons (Fsp3) is 0.240. The molecule has 1 N–H and O–H groups in total. The lowest BCUT2D eigenvalue weighted by molar-refractivity contribution is 0.0943. The molecule has 1 aliphatic heterocycles. The lowest BCUT2D eigenvalue weighted by atomic mass is 9.94. The Labute approximate surface area is 172 Å². The molecule has 0 unspecified atom stereocenters. The molecule has 1 heterocycles. The first-order chi connectivity index (χ1) is 14.1. The molecule has 3 aromatic rings. The summed E-state index contributed by atoms with van der Waals surface area (Å²) in [5.41, 5.74) is 5.05. The van der Waals surface area contributed by atoms with E-state index in [1.54, 1.807) is 0 Å². The number of rotatable bonds is 5. The highest BCUT2D eigenvalue weighted by Crippen LogP contribution is 2.30. The largest absolute Gasteiger partial charge is 0.493 e. The second kappa shape index (κ2) is 8.39. The van der Waals surface area contributed by atoms with Crippen LogP contribution in [0.5, 0.6) is 5.75 Å². The lowest BCUT2D eigenvalue weighted by Crippen LogP contribution is -2.29. The highest BCUT2D eigenvalue weighted by Gasteiger charge is 2.20. The standard InChI is InChI=1S/C25H26N2O2/c1-27(2)22-13-10-19(11-14-22)25(28)26-24(18-7-4-3-5-8-18)21-12-15-23-20(17-21)9-6-16-29-23/h3-5,7-8,10-15,17,24H,6,9,16H2,1-2H3,(H,26,28)/t24-/m0/s1. The van der Waals surface area contributed by atoms with Crippen LogP contribution >= 0.6 is 0 Å². The first-order valence-electron chi connectivity index (χ1n) is 10.0. The van der Waals surface area contributed by atoms with Crippen molar-refractivity contribution in [1.82, 2.24) is 5.32 Å². The summed E-state index contributed by atoms with van der Waals surface area (Å²) in [6.45, 7) is 0.772. The summed E-state index contributed by atoms with van der Waals surface area (Å²) < 4.78 is 5.75. The van der Waals surface area contributed by atoms with E-state index in [0.29, 0.717) is 5.56 Å². The van der Waals surface area contributed by atoms with Crippen LogP contribution in [0.25, 0.3) is 0 Å². The predicted octanol–water partition coefficient (Wildman–Crippen LogP) is 4.60. The van der Waals surface area contributed by atoms with E-state index in [-0.39, 0.29) is 11.9 Å². The summed E-state index contributed by atoms with van der Waals surface area (Å²) >= 11 is 0. The van der Waals surface area contributed by atoms with Gasteiger partial charge in [-0.3, -0.25) is 4.79 Å². The van der Waals surface area contributed by atoms with Crippen LogP contribution < -0.4 is 15.0 Å². The minimum atomic E-state index is -0.218. The maximum Gasteiger partial charge on any atom is 0.252 e. The second-order valence-corrected chi connectivity index (χ2v) is 7.58. The van der Waals surface area contributed by atoms with Crippen LogP contribution in [0.15, 0.2) is 72.8 Å². The monoisotopic (exact) mass is 386 g/mol. The summed E-state index contributed by atoms with van der Waals surface area (Å²) in [6, 6.07) is 23.8. The van der Waals surface area contributed by atoms with Gasteiger partial charge < -0.3 is 15.0 Å². The molecule has 0 aromatic heterocycles. The van der Waals surface area contributed by atoms with Gasteiger partial charge in [-0.15, -0.1) is 0 Å². The Morgan fingerprint density at radius 1 is 0.966 bits per heavy atom. The molecule has 4 heteroatoms. The van der Waals surface area contributed by atoms with Crippen LogP contribution in [0, 0.1) is 0 Å². The Hall–Kier alpha value is -3.27. The van der Waals surface area contributed by atoms with Gasteiger partial charge in [0.15, 0.2) is 0 Å². The van der Waals surface area contributed by atoms with Crippen molar-refractivity contribution in [3.63, 3.8) is 0 Å². The van der Waals surface area contributed by atoms with Crippen molar-refractivity contribution >= 4 is 11.6 Å². The minimum Gasteiger partial charge on any atom is -0.493 e. The van der Waals surface area contributed by atoms with Crippen LogP contribution in [-0.2, 0) is 6.42 Å². The van der Waals surface area contributed by atoms with Crippen LogP contribution in [0.4, 0.5) is 5.69 Å². The van der Waals surface area contributed by atoms with E-state index in [4.69, 9.17) is 4.74 Å². The third-order valence-corrected chi connectivity index (χ3v) is 5.32. The molecular weight excluding hydrogens is 360 g/mol. The number of nitrogens with one attached hydrogen (secondary N) is 1. The van der Waals surface area contributed by atoms with Gasteiger partial charge in [-0.25, -0.2) is 0 Å². The molecule has 4 nitrogen and oxygen atoms in total. The number of nitrogens with zero attached hydrogens (tertiary/aromatic N) is 1. The van der Waals surface area contributed by atoms with E-state index in [0.717, 1.165) is 42.0 Å². The maximum absolute atomic E-state index is 13.0. The van der Waals surface area contributed by atoms with Gasteiger partial charge in [-0.2, -0.15) is 0 Å². The van der Waals surface area contributed by atoms with Crippen molar-refractivity contribution in [2.75, 3.05) is 25.6 Å². The molecule has 0 bridgehead atoms. The summed E-state index contributed by atoms with van der Waals surface area (Å²) in [6.07, 6.45) is 2.03. The Morgan fingerprint density at radius 3 is 2.45 bits per heavy atom. The SMILES string of the molecule is CN(C)c1ccc(C(=O)N[C@@H](c2ccccc2)c2ccc3c(c2)CCCO3)cc1. The smallest absolute Gasteiger partial charge is 0.252 e. The number of hydrogen-bond acceptors (Lipinski definition) is 3. The summed E-state index contributed by atoms with van der Waals surface area (Å²) in [5, 5.41) is 3.23. The number of carbonyl (C=O) groups excluding carboxylic acids is 1. The minimum absolute atomic E-state index is 0.0851. The third-order valence-electron chi connectivity index (χ3n) is 5.32. The molecule has 0 saturated heterocycles. The quantitative estimate of drug-likeness (QED) is 0.697. The molecular formula is C25H26N2O2. The number of hydrogen-bond donors (Lipinski definition) is 1. The maximum atomic E-state index is 13.0. The van der Waals surface area contributed by atoms with Crippen LogP contribution in [0.1, 0.15) is 39.5 Å². The van der Waals surface area contributed by atoms with Crippen molar-refractivity contribution in [1.29, 1.82) is 0 Å². The zero-order valence-corrected chi connectivity index (χ0v) is 16.9. The molecule has 1 atom stereocenters. The first kappa shape index (κ1) is 19.1. The van der Waals surface area contributed by atoms with E-state index in [2.05, 4.69) is 29.6 Å². The van der Waals surface area contributed by atoms with E-state index < -0.39 is 0 Å². The van der Waals surface area contributed by atoms with E-state index in [9.17, 15) is 4.79 Å². The average Bonchev–Trinajstić information content (AvgIpc) is 2.77. The van der Waals surface area contributed by atoms with Crippen molar-refractivity contribution in [2.45, 2.75) is 18.9 Å². The third kappa shape index (κ3) is 4.27. The molecule has 0 saturated carbocycles. The number of benzene rings is 3. The van der Waals surface area contributed by atoms with E-state index >= 15 is 0 Å². The molecule has 4 rings (SSSR count). The molecule has 3 aromatic carbocycles. The van der Waals surface area contributed by atoms with Gasteiger partial charge >= 0.3 is 0 Å². The van der Waals surface area contributed by atoms with Crippen molar-refractivity contribution in [3.05, 3.63) is 95.1 Å². The highest BCUT2D eigenvalue weighted by molar-refractivity contribution is 5.95. The number of anilines is 1. The lowest BCUT2D eigenvalue weighted by Gasteiger charge is -2.23. The number of amides is 1. The Kier molecular flexibility index (Phi) is 5.52. The Morgan fingerprint density at radius 2 is 1.72 bits per heavy atom. The Balaban J connectivity index is 1.64. The fourth-order valence-electron chi connectivity index (χ4n) is 3.69. The molecule has 0 fully saturated rings. The second-order valence-electron chi connectivity index (χ2n) is 7.58. The molecule has 0 aliphatic carbocycles. The van der Waals surface area contributed by atoms with Gasteiger partial charge in [0.25, 0.3) is 5.91 Å². The van der Waals surface area contributed by atoms with Gasteiger partial charge in [0.05, 0.1) is 12.6 Å². The molecule has 1 aliphatic rings. The highest BCUT2D eigenvalue weighted by atomic mass is 16.5. The fourth-order valence-corrected chi connectivity index (χ4v) is 3.69. The van der Waals surface area contributed by atoms with Gasteiger partial charge in [0, 0.05) is 25.3 Å². The van der Waals surface area contributed by atoms with E-state index in [1.807, 2.05) is 67.5 Å². The number of carbonyl (C=O) groups is 1. The summed E-state index contributed by atoms with van der Waals surface area (Å²) in [5.74, 6) is 0.871. The van der Waals surface area contributed by atoms with Crippen molar-refractivity contribution in [2.24, 2.45) is 0 Å². The van der Waals surface area contributed by atoms with Crippen LogP contribution in [0.3, 0.4) is 0 Å². The average molecular weight is 386 g/mol. The van der Waals surface area contributed by atoms with Crippen LogP contribution in [-0.4, -0.2) is 26.6 Å². The number of ether oxygens (including phenoxy) is 1.